The van der Waals surface area contributed by atoms with Crippen molar-refractivity contribution in [1.29, 1.82) is 0 Å². The van der Waals surface area contributed by atoms with Crippen LogP contribution in [0.15, 0.2) is 12.1 Å². The van der Waals surface area contributed by atoms with Crippen LogP contribution in [0.3, 0.4) is 0 Å². The summed E-state index contributed by atoms with van der Waals surface area (Å²) >= 11 is 0. The van der Waals surface area contributed by atoms with Crippen molar-refractivity contribution in [3.63, 3.8) is 0 Å². The molecule has 17 heavy (non-hydrogen) atoms. The first-order valence-corrected chi connectivity index (χ1v) is 5.33. The number of ether oxygens (including phenoxy) is 3. The van der Waals surface area contributed by atoms with Crippen LogP contribution in [-0.4, -0.2) is 39.6 Å². The Bertz CT molecular complexity index is 364. The smallest absolute Gasteiger partial charge is 0.203 e. The van der Waals surface area contributed by atoms with Crippen molar-refractivity contribution < 1.29 is 19.3 Å². The second kappa shape index (κ2) is 6.32. The molecule has 0 amide bonds. The van der Waals surface area contributed by atoms with E-state index in [1.165, 1.54) is 0 Å². The monoisotopic (exact) mass is 241 g/mol. The van der Waals surface area contributed by atoms with E-state index in [0.717, 1.165) is 5.56 Å². The zero-order valence-electron chi connectivity index (χ0n) is 10.4. The molecular weight excluding hydrogens is 222 g/mol. The fourth-order valence-corrected chi connectivity index (χ4v) is 1.75. The van der Waals surface area contributed by atoms with E-state index in [1.807, 2.05) is 6.07 Å². The minimum Gasteiger partial charge on any atom is -0.493 e. The first-order valence-electron chi connectivity index (χ1n) is 5.33. The molecule has 0 saturated heterocycles. The maximum Gasteiger partial charge on any atom is 0.203 e. The molecule has 0 aliphatic carbocycles. The summed E-state index contributed by atoms with van der Waals surface area (Å²) in [5.74, 6) is 1.47. The average Bonchev–Trinajstić information content (AvgIpc) is 2.39. The lowest BCUT2D eigenvalue weighted by atomic mass is 9.98. The zero-order valence-corrected chi connectivity index (χ0v) is 10.4. The summed E-state index contributed by atoms with van der Waals surface area (Å²) in [6.07, 6.45) is 0. The fourth-order valence-electron chi connectivity index (χ4n) is 1.75. The first-order chi connectivity index (χ1) is 8.23. The number of benzene rings is 1. The van der Waals surface area contributed by atoms with E-state index in [2.05, 4.69) is 0 Å². The van der Waals surface area contributed by atoms with Gasteiger partial charge in [-0.3, -0.25) is 0 Å². The third-order valence-corrected chi connectivity index (χ3v) is 2.68. The number of hydrogen-bond acceptors (Lipinski definition) is 5. The van der Waals surface area contributed by atoms with Gasteiger partial charge in [0.15, 0.2) is 11.5 Å². The van der Waals surface area contributed by atoms with Crippen LogP contribution in [0.25, 0.3) is 0 Å². The van der Waals surface area contributed by atoms with Crippen molar-refractivity contribution in [1.82, 2.24) is 0 Å². The van der Waals surface area contributed by atoms with E-state index in [1.54, 1.807) is 27.4 Å². The minimum atomic E-state index is -0.176. The highest BCUT2D eigenvalue weighted by molar-refractivity contribution is 5.56. The summed E-state index contributed by atoms with van der Waals surface area (Å²) in [5, 5.41) is 9.28. The van der Waals surface area contributed by atoms with E-state index in [4.69, 9.17) is 19.9 Å². The van der Waals surface area contributed by atoms with Crippen molar-refractivity contribution in [3.8, 4) is 17.2 Å². The molecule has 5 heteroatoms. The van der Waals surface area contributed by atoms with Crippen LogP contribution in [-0.2, 0) is 0 Å². The predicted octanol–water partition coefficient (Wildman–Crippen LogP) is 0.747. The van der Waals surface area contributed by atoms with Gasteiger partial charge in [-0.2, -0.15) is 0 Å². The van der Waals surface area contributed by atoms with Crippen molar-refractivity contribution in [3.05, 3.63) is 17.7 Å². The van der Waals surface area contributed by atoms with E-state index in [9.17, 15) is 5.11 Å². The molecular formula is C12H19NO4. The fraction of sp³-hybridized carbons (Fsp3) is 0.500. The van der Waals surface area contributed by atoms with Crippen molar-refractivity contribution in [2.75, 3.05) is 34.5 Å². The zero-order chi connectivity index (χ0) is 12.8. The summed E-state index contributed by atoms with van der Waals surface area (Å²) in [7, 11) is 4.65. The van der Waals surface area contributed by atoms with E-state index in [0.29, 0.717) is 23.8 Å². The van der Waals surface area contributed by atoms with Gasteiger partial charge in [-0.05, 0) is 6.07 Å². The van der Waals surface area contributed by atoms with Crippen LogP contribution >= 0.6 is 0 Å². The van der Waals surface area contributed by atoms with E-state index in [-0.39, 0.29) is 12.5 Å². The molecule has 0 fully saturated rings. The highest BCUT2D eigenvalue weighted by atomic mass is 16.5. The summed E-state index contributed by atoms with van der Waals surface area (Å²) in [4.78, 5) is 0. The lowest BCUT2D eigenvalue weighted by molar-refractivity contribution is 0.262. The lowest BCUT2D eigenvalue weighted by Gasteiger charge is -2.19. The highest BCUT2D eigenvalue weighted by Gasteiger charge is 2.20. The van der Waals surface area contributed by atoms with Gasteiger partial charge < -0.3 is 25.1 Å². The normalized spacial score (nSPS) is 12.1. The van der Waals surface area contributed by atoms with Gasteiger partial charge in [0.25, 0.3) is 0 Å². The molecule has 1 rings (SSSR count). The molecule has 0 aliphatic heterocycles. The Morgan fingerprint density at radius 2 is 1.76 bits per heavy atom. The summed E-state index contributed by atoms with van der Waals surface area (Å²) < 4.78 is 15.8. The molecule has 1 unspecified atom stereocenters. The molecule has 0 aromatic heterocycles. The Balaban J connectivity index is 3.31. The van der Waals surface area contributed by atoms with E-state index < -0.39 is 0 Å². The Hall–Kier alpha value is -1.46. The van der Waals surface area contributed by atoms with Gasteiger partial charge in [-0.1, -0.05) is 6.07 Å². The van der Waals surface area contributed by atoms with Crippen molar-refractivity contribution in [2.45, 2.75) is 5.92 Å². The third kappa shape index (κ3) is 2.62. The number of aliphatic hydroxyl groups is 1. The molecule has 3 N–H and O–H groups in total. The lowest BCUT2D eigenvalue weighted by Crippen LogP contribution is -2.17. The maximum atomic E-state index is 9.28. The van der Waals surface area contributed by atoms with Crippen molar-refractivity contribution >= 4 is 0 Å². The molecule has 96 valence electrons. The van der Waals surface area contributed by atoms with Gasteiger partial charge in [0.2, 0.25) is 5.75 Å². The van der Waals surface area contributed by atoms with Crippen LogP contribution in [0, 0.1) is 0 Å². The number of rotatable bonds is 6. The Kier molecular flexibility index (Phi) is 5.06. The molecule has 0 heterocycles. The quantitative estimate of drug-likeness (QED) is 0.768. The Morgan fingerprint density at radius 1 is 1.12 bits per heavy atom. The van der Waals surface area contributed by atoms with Gasteiger partial charge in [0, 0.05) is 18.0 Å². The summed E-state index contributed by atoms with van der Waals surface area (Å²) in [6, 6.07) is 3.60. The van der Waals surface area contributed by atoms with Crippen LogP contribution < -0.4 is 19.9 Å². The molecule has 0 radical (unpaired) electrons. The second-order valence-electron chi connectivity index (χ2n) is 3.54. The number of methoxy groups -OCH3 is 3. The maximum absolute atomic E-state index is 9.28. The molecule has 0 aliphatic rings. The average molecular weight is 241 g/mol. The van der Waals surface area contributed by atoms with Gasteiger partial charge in [-0.25, -0.2) is 0 Å². The third-order valence-electron chi connectivity index (χ3n) is 2.68. The van der Waals surface area contributed by atoms with Crippen molar-refractivity contribution in [2.24, 2.45) is 5.73 Å². The largest absolute Gasteiger partial charge is 0.493 e. The van der Waals surface area contributed by atoms with Gasteiger partial charge in [-0.15, -0.1) is 0 Å². The number of hydrogen-bond donors (Lipinski definition) is 2. The second-order valence-corrected chi connectivity index (χ2v) is 3.54. The van der Waals surface area contributed by atoms with E-state index >= 15 is 0 Å². The SMILES string of the molecule is COc1ccc(C(CN)CO)c(OC)c1OC. The topological polar surface area (TPSA) is 73.9 Å². The number of aliphatic hydroxyl groups excluding tert-OH is 1. The summed E-state index contributed by atoms with van der Waals surface area (Å²) in [6.45, 7) is 0.296. The van der Waals surface area contributed by atoms with Crippen LogP contribution in [0.4, 0.5) is 0 Å². The molecule has 0 saturated carbocycles. The predicted molar refractivity (Wildman–Crippen MR) is 65.0 cm³/mol. The minimum absolute atomic E-state index is 0.0393. The summed E-state index contributed by atoms with van der Waals surface area (Å²) in [5.41, 5.74) is 6.43. The van der Waals surface area contributed by atoms with Gasteiger partial charge in [0.1, 0.15) is 0 Å². The molecule has 0 bridgehead atoms. The molecule has 1 aromatic rings. The Labute approximate surface area is 101 Å². The molecule has 5 nitrogen and oxygen atoms in total. The van der Waals surface area contributed by atoms with Crippen LogP contribution in [0.2, 0.25) is 0 Å². The first kappa shape index (κ1) is 13.6. The highest BCUT2D eigenvalue weighted by Crippen LogP contribution is 2.42. The van der Waals surface area contributed by atoms with Crippen LogP contribution in [0.1, 0.15) is 11.5 Å². The standard InChI is InChI=1S/C12H19NO4/c1-15-10-5-4-9(8(6-13)7-14)11(16-2)12(10)17-3/h4-5,8,14H,6-7,13H2,1-3H3. The Morgan fingerprint density at radius 3 is 2.18 bits per heavy atom. The molecule has 1 atom stereocenters. The van der Waals surface area contributed by atoms with Crippen LogP contribution in [0.5, 0.6) is 17.2 Å². The van der Waals surface area contributed by atoms with Gasteiger partial charge in [0.05, 0.1) is 27.9 Å². The molecule has 0 spiro atoms. The number of nitrogens with two attached hydrogens (primary N) is 1. The van der Waals surface area contributed by atoms with Gasteiger partial charge >= 0.3 is 0 Å². The molecule has 1 aromatic carbocycles.